The van der Waals surface area contributed by atoms with Crippen LogP contribution < -0.4 is 0 Å². The topological polar surface area (TPSA) is 43.2 Å². The minimum absolute atomic E-state index is 0.132. The standard InChI is InChI=1S/C20H24N4OS/c1-3-17-19(21-8-1)24(20(22-17)18-4-2-11-25-18)16-5-9-23(10-6-16)13-15-7-12-26-14-15/h1,3,7-8,12,14,16,18H,2,4-6,9-11,13H2/t18-/m0/s1. The smallest absolute Gasteiger partial charge is 0.160 e. The van der Waals surface area contributed by atoms with Crippen LogP contribution in [0.4, 0.5) is 0 Å². The van der Waals surface area contributed by atoms with Gasteiger partial charge in [0.1, 0.15) is 17.4 Å². The molecule has 2 aliphatic heterocycles. The lowest BCUT2D eigenvalue weighted by molar-refractivity contribution is 0.0970. The zero-order valence-electron chi connectivity index (χ0n) is 14.9. The van der Waals surface area contributed by atoms with E-state index in [1.54, 1.807) is 11.3 Å². The van der Waals surface area contributed by atoms with Gasteiger partial charge in [0.15, 0.2) is 5.65 Å². The molecule has 26 heavy (non-hydrogen) atoms. The van der Waals surface area contributed by atoms with Crippen LogP contribution in [-0.4, -0.2) is 39.1 Å². The number of ether oxygens (including phenoxy) is 1. The number of piperidine rings is 1. The molecule has 0 aromatic carbocycles. The van der Waals surface area contributed by atoms with Gasteiger partial charge in [-0.1, -0.05) is 0 Å². The first-order chi connectivity index (χ1) is 12.9. The van der Waals surface area contributed by atoms with Crippen molar-refractivity contribution in [2.45, 2.75) is 44.4 Å². The molecule has 5 nitrogen and oxygen atoms in total. The predicted octanol–water partition coefficient (Wildman–Crippen LogP) is 4.18. The van der Waals surface area contributed by atoms with Crippen molar-refractivity contribution in [1.82, 2.24) is 19.4 Å². The maximum absolute atomic E-state index is 5.97. The van der Waals surface area contributed by atoms with Crippen LogP contribution in [0.3, 0.4) is 0 Å². The molecule has 3 aromatic rings. The number of thiophene rings is 1. The fourth-order valence-electron chi connectivity index (χ4n) is 4.29. The number of hydrogen-bond donors (Lipinski definition) is 0. The van der Waals surface area contributed by atoms with Gasteiger partial charge < -0.3 is 9.30 Å². The third-order valence-electron chi connectivity index (χ3n) is 5.60. The van der Waals surface area contributed by atoms with E-state index in [4.69, 9.17) is 9.72 Å². The quantitative estimate of drug-likeness (QED) is 0.693. The SMILES string of the molecule is c1cnc2c(c1)nc([C@@H]1CCCO1)n2C1CCN(Cc2ccsc2)CC1. The summed E-state index contributed by atoms with van der Waals surface area (Å²) in [6.07, 6.45) is 6.50. The summed E-state index contributed by atoms with van der Waals surface area (Å²) in [4.78, 5) is 12.1. The first kappa shape index (κ1) is 16.4. The highest BCUT2D eigenvalue weighted by Crippen LogP contribution is 2.35. The first-order valence-corrected chi connectivity index (χ1v) is 10.5. The number of pyridine rings is 1. The number of aromatic nitrogens is 3. The Bertz CT molecular complexity index is 861. The zero-order chi connectivity index (χ0) is 17.3. The summed E-state index contributed by atoms with van der Waals surface area (Å²) < 4.78 is 8.37. The predicted molar refractivity (Wildman–Crippen MR) is 103 cm³/mol. The lowest BCUT2D eigenvalue weighted by Gasteiger charge is -2.33. The molecule has 5 heterocycles. The van der Waals surface area contributed by atoms with Crippen molar-refractivity contribution in [3.8, 4) is 0 Å². The third kappa shape index (κ3) is 3.06. The Morgan fingerprint density at radius 2 is 2.12 bits per heavy atom. The second kappa shape index (κ2) is 7.10. The van der Waals surface area contributed by atoms with Crippen molar-refractivity contribution < 1.29 is 4.74 Å². The maximum atomic E-state index is 5.97. The largest absolute Gasteiger partial charge is 0.370 e. The fraction of sp³-hybridized carbons (Fsp3) is 0.500. The van der Waals surface area contributed by atoms with Gasteiger partial charge in [-0.05, 0) is 60.2 Å². The molecule has 2 fully saturated rings. The first-order valence-electron chi connectivity index (χ1n) is 9.56. The van der Waals surface area contributed by atoms with Crippen molar-refractivity contribution in [3.63, 3.8) is 0 Å². The van der Waals surface area contributed by atoms with Gasteiger partial charge >= 0.3 is 0 Å². The molecule has 0 saturated carbocycles. The van der Waals surface area contributed by atoms with E-state index >= 15 is 0 Å². The van der Waals surface area contributed by atoms with Gasteiger partial charge in [-0.3, -0.25) is 4.90 Å². The van der Waals surface area contributed by atoms with E-state index in [1.165, 1.54) is 5.56 Å². The van der Waals surface area contributed by atoms with E-state index in [9.17, 15) is 0 Å². The molecule has 0 spiro atoms. The van der Waals surface area contributed by atoms with Crippen LogP contribution in [0.2, 0.25) is 0 Å². The summed E-state index contributed by atoms with van der Waals surface area (Å²) in [5, 5.41) is 4.42. The normalized spacial score (nSPS) is 22.4. The molecule has 0 unspecified atom stereocenters. The second-order valence-corrected chi connectivity index (χ2v) is 8.11. The highest BCUT2D eigenvalue weighted by molar-refractivity contribution is 7.07. The molecular weight excluding hydrogens is 344 g/mol. The minimum Gasteiger partial charge on any atom is -0.370 e. The monoisotopic (exact) mass is 368 g/mol. The Kier molecular flexibility index (Phi) is 4.48. The van der Waals surface area contributed by atoms with Crippen LogP contribution >= 0.6 is 11.3 Å². The number of rotatable bonds is 4. The van der Waals surface area contributed by atoms with Gasteiger partial charge in [0.05, 0.1) is 0 Å². The van der Waals surface area contributed by atoms with Crippen molar-refractivity contribution in [2.75, 3.05) is 19.7 Å². The van der Waals surface area contributed by atoms with Gasteiger partial charge in [0, 0.05) is 38.5 Å². The molecule has 3 aromatic heterocycles. The molecule has 2 aliphatic rings. The van der Waals surface area contributed by atoms with E-state index in [0.717, 1.165) is 68.9 Å². The Morgan fingerprint density at radius 1 is 1.19 bits per heavy atom. The fourth-order valence-corrected chi connectivity index (χ4v) is 4.95. The van der Waals surface area contributed by atoms with E-state index in [-0.39, 0.29) is 6.10 Å². The summed E-state index contributed by atoms with van der Waals surface area (Å²) in [6, 6.07) is 6.75. The van der Waals surface area contributed by atoms with E-state index < -0.39 is 0 Å². The number of likely N-dealkylation sites (tertiary alicyclic amines) is 1. The molecule has 0 bridgehead atoms. The van der Waals surface area contributed by atoms with E-state index in [1.807, 2.05) is 12.3 Å². The van der Waals surface area contributed by atoms with Gasteiger partial charge in [0.2, 0.25) is 0 Å². The van der Waals surface area contributed by atoms with Crippen LogP contribution in [-0.2, 0) is 11.3 Å². The van der Waals surface area contributed by atoms with Gasteiger partial charge in [-0.25, -0.2) is 9.97 Å². The third-order valence-corrected chi connectivity index (χ3v) is 6.33. The summed E-state index contributed by atoms with van der Waals surface area (Å²) in [6.45, 7) is 4.16. The maximum Gasteiger partial charge on any atom is 0.160 e. The Labute approximate surface area is 157 Å². The molecule has 0 radical (unpaired) electrons. The van der Waals surface area contributed by atoms with Crippen molar-refractivity contribution in [3.05, 3.63) is 46.5 Å². The van der Waals surface area contributed by atoms with Crippen LogP contribution in [0.25, 0.3) is 11.2 Å². The minimum atomic E-state index is 0.132. The molecule has 1 atom stereocenters. The van der Waals surface area contributed by atoms with Gasteiger partial charge in [-0.2, -0.15) is 11.3 Å². The van der Waals surface area contributed by atoms with E-state index in [2.05, 4.69) is 37.3 Å². The van der Waals surface area contributed by atoms with Crippen LogP contribution in [0, 0.1) is 0 Å². The Morgan fingerprint density at radius 3 is 2.88 bits per heavy atom. The summed E-state index contributed by atoms with van der Waals surface area (Å²) >= 11 is 1.78. The molecule has 136 valence electrons. The average molecular weight is 369 g/mol. The van der Waals surface area contributed by atoms with Gasteiger partial charge in [-0.15, -0.1) is 0 Å². The highest BCUT2D eigenvalue weighted by Gasteiger charge is 2.30. The molecule has 0 aliphatic carbocycles. The Balaban J connectivity index is 1.39. The van der Waals surface area contributed by atoms with E-state index in [0.29, 0.717) is 6.04 Å². The summed E-state index contributed by atoms with van der Waals surface area (Å²) in [7, 11) is 0. The number of nitrogens with zero attached hydrogens (tertiary/aromatic N) is 4. The van der Waals surface area contributed by atoms with Crippen molar-refractivity contribution in [2.24, 2.45) is 0 Å². The molecule has 0 N–H and O–H groups in total. The molecule has 0 amide bonds. The number of hydrogen-bond acceptors (Lipinski definition) is 5. The second-order valence-electron chi connectivity index (χ2n) is 7.33. The highest BCUT2D eigenvalue weighted by atomic mass is 32.1. The average Bonchev–Trinajstić information content (AvgIpc) is 3.43. The van der Waals surface area contributed by atoms with Crippen LogP contribution in [0.15, 0.2) is 35.2 Å². The number of fused-ring (bicyclic) bond motifs is 1. The van der Waals surface area contributed by atoms with Crippen LogP contribution in [0.1, 0.15) is 49.2 Å². The zero-order valence-corrected chi connectivity index (χ0v) is 15.7. The lowest BCUT2D eigenvalue weighted by Crippen LogP contribution is -2.34. The molecule has 5 rings (SSSR count). The van der Waals surface area contributed by atoms with Crippen LogP contribution in [0.5, 0.6) is 0 Å². The molecule has 6 heteroatoms. The molecule has 2 saturated heterocycles. The Hall–Kier alpha value is -1.76. The lowest BCUT2D eigenvalue weighted by atomic mass is 10.0. The summed E-state index contributed by atoms with van der Waals surface area (Å²) in [5.41, 5.74) is 3.45. The van der Waals surface area contributed by atoms with Gasteiger partial charge in [0.25, 0.3) is 0 Å². The van der Waals surface area contributed by atoms with Crippen molar-refractivity contribution >= 4 is 22.5 Å². The molecular formula is C20H24N4OS. The number of imidazole rings is 1. The summed E-state index contributed by atoms with van der Waals surface area (Å²) in [5.74, 6) is 1.09. The van der Waals surface area contributed by atoms with Crippen molar-refractivity contribution in [1.29, 1.82) is 0 Å².